The molecule has 1 fully saturated rings. The first-order valence-corrected chi connectivity index (χ1v) is 11.3. The summed E-state index contributed by atoms with van der Waals surface area (Å²) < 4.78 is 6.54. The van der Waals surface area contributed by atoms with Crippen LogP contribution in [0.1, 0.15) is 61.4 Å². The molecule has 0 bridgehead atoms. The second kappa shape index (κ2) is 10.5. The van der Waals surface area contributed by atoms with Crippen LogP contribution in [0.5, 0.6) is 0 Å². The highest BCUT2D eigenvalue weighted by Gasteiger charge is 2.22. The highest BCUT2D eigenvalue weighted by atomic mass is 32.2. The Morgan fingerprint density at radius 2 is 1.93 bits per heavy atom. The van der Waals surface area contributed by atoms with Crippen molar-refractivity contribution < 1.29 is 14.3 Å². The maximum Gasteiger partial charge on any atom is 0.309 e. The monoisotopic (exact) mass is 415 g/mol. The average molecular weight is 416 g/mol. The average Bonchev–Trinajstić information content (AvgIpc) is 3.17. The zero-order valence-corrected chi connectivity index (χ0v) is 18.0. The lowest BCUT2D eigenvalue weighted by Gasteiger charge is -2.22. The fourth-order valence-corrected chi connectivity index (χ4v) is 4.49. The van der Waals surface area contributed by atoms with E-state index in [9.17, 15) is 9.59 Å². The first-order valence-electron chi connectivity index (χ1n) is 10.3. The van der Waals surface area contributed by atoms with E-state index in [1.54, 1.807) is 18.0 Å². The third-order valence-corrected chi connectivity index (χ3v) is 6.39. The van der Waals surface area contributed by atoms with Crippen molar-refractivity contribution in [3.05, 3.63) is 41.6 Å². The predicted molar refractivity (Wildman–Crippen MR) is 115 cm³/mol. The molecule has 0 unspecified atom stereocenters. The highest BCUT2D eigenvalue weighted by molar-refractivity contribution is 7.99. The first kappa shape index (κ1) is 21.4. The Kier molecular flexibility index (Phi) is 7.75. The standard InChI is InChI=1S/C22H29N3O3S/c1-3-13-29-22-19(21(27)24-17-7-5-4-6-8-17)15-23-25(22)18-11-9-16(10-12-18)14-20(26)28-2/h9-12,15,17H,3-8,13-14H2,1-2H3,(H,24,27). The van der Waals surface area contributed by atoms with E-state index in [4.69, 9.17) is 4.74 Å². The smallest absolute Gasteiger partial charge is 0.309 e. The number of aromatic nitrogens is 2. The van der Waals surface area contributed by atoms with Gasteiger partial charge in [0.05, 0.1) is 31.0 Å². The van der Waals surface area contributed by atoms with Gasteiger partial charge in [-0.3, -0.25) is 9.59 Å². The van der Waals surface area contributed by atoms with Crippen molar-refractivity contribution in [3.63, 3.8) is 0 Å². The lowest BCUT2D eigenvalue weighted by Crippen LogP contribution is -2.36. The van der Waals surface area contributed by atoms with Gasteiger partial charge in [-0.25, -0.2) is 4.68 Å². The van der Waals surface area contributed by atoms with Gasteiger partial charge < -0.3 is 10.1 Å². The van der Waals surface area contributed by atoms with Crippen molar-refractivity contribution in [2.45, 2.75) is 62.9 Å². The van der Waals surface area contributed by atoms with Crippen molar-refractivity contribution in [1.82, 2.24) is 15.1 Å². The van der Waals surface area contributed by atoms with E-state index in [-0.39, 0.29) is 24.3 Å². The van der Waals surface area contributed by atoms with Gasteiger partial charge in [0.2, 0.25) is 0 Å². The van der Waals surface area contributed by atoms with Crippen molar-refractivity contribution >= 4 is 23.6 Å². The zero-order valence-electron chi connectivity index (χ0n) is 17.1. The van der Waals surface area contributed by atoms with Crippen molar-refractivity contribution in [2.75, 3.05) is 12.9 Å². The largest absolute Gasteiger partial charge is 0.469 e. The van der Waals surface area contributed by atoms with Gasteiger partial charge in [-0.15, -0.1) is 11.8 Å². The SMILES string of the molecule is CCCSc1c(C(=O)NC2CCCCC2)cnn1-c1ccc(CC(=O)OC)cc1. The van der Waals surface area contributed by atoms with Gasteiger partial charge in [0.25, 0.3) is 5.91 Å². The summed E-state index contributed by atoms with van der Waals surface area (Å²) in [6, 6.07) is 7.89. The van der Waals surface area contributed by atoms with E-state index < -0.39 is 0 Å². The van der Waals surface area contributed by atoms with Crippen LogP contribution in [0, 0.1) is 0 Å². The lowest BCUT2D eigenvalue weighted by atomic mass is 9.95. The Morgan fingerprint density at radius 3 is 2.59 bits per heavy atom. The summed E-state index contributed by atoms with van der Waals surface area (Å²) in [5, 5.41) is 8.56. The molecule has 1 aromatic carbocycles. The Morgan fingerprint density at radius 1 is 1.21 bits per heavy atom. The summed E-state index contributed by atoms with van der Waals surface area (Å²) in [5.41, 5.74) is 2.38. The molecule has 1 aliphatic carbocycles. The third-order valence-electron chi connectivity index (χ3n) is 5.11. The van der Waals surface area contributed by atoms with E-state index >= 15 is 0 Å². The minimum Gasteiger partial charge on any atom is -0.469 e. The van der Waals surface area contributed by atoms with Crippen LogP contribution in [0.4, 0.5) is 0 Å². The molecule has 3 rings (SSSR count). The van der Waals surface area contributed by atoms with E-state index in [2.05, 4.69) is 17.3 Å². The number of amides is 1. The van der Waals surface area contributed by atoms with Crippen LogP contribution in [0.25, 0.3) is 5.69 Å². The molecule has 1 aliphatic rings. The van der Waals surface area contributed by atoms with E-state index in [1.807, 2.05) is 28.9 Å². The number of ether oxygens (including phenoxy) is 1. The number of rotatable bonds is 8. The number of hydrogen-bond donors (Lipinski definition) is 1. The zero-order chi connectivity index (χ0) is 20.6. The number of thioether (sulfide) groups is 1. The van der Waals surface area contributed by atoms with Gasteiger partial charge in [-0.1, -0.05) is 38.3 Å². The lowest BCUT2D eigenvalue weighted by molar-refractivity contribution is -0.139. The van der Waals surface area contributed by atoms with Gasteiger partial charge >= 0.3 is 5.97 Å². The predicted octanol–water partition coefficient (Wildman–Crippen LogP) is 4.15. The van der Waals surface area contributed by atoms with Gasteiger partial charge in [-0.2, -0.15) is 5.10 Å². The van der Waals surface area contributed by atoms with Crippen LogP contribution < -0.4 is 5.32 Å². The Labute approximate surface area is 176 Å². The van der Waals surface area contributed by atoms with E-state index in [0.717, 1.165) is 41.3 Å². The van der Waals surface area contributed by atoms with Crippen LogP contribution in [0.15, 0.2) is 35.5 Å². The Hall–Kier alpha value is -2.28. The molecule has 2 aromatic rings. The van der Waals surface area contributed by atoms with Gasteiger partial charge in [0.1, 0.15) is 5.03 Å². The molecule has 1 aromatic heterocycles. The summed E-state index contributed by atoms with van der Waals surface area (Å²) in [6.07, 6.45) is 8.64. The fraction of sp³-hybridized carbons (Fsp3) is 0.500. The number of nitrogens with zero attached hydrogens (tertiary/aromatic N) is 2. The minimum atomic E-state index is -0.266. The van der Waals surface area contributed by atoms with Crippen LogP contribution in [0.3, 0.4) is 0 Å². The molecule has 1 N–H and O–H groups in total. The van der Waals surface area contributed by atoms with Crippen molar-refractivity contribution in [2.24, 2.45) is 0 Å². The number of methoxy groups -OCH3 is 1. The highest BCUT2D eigenvalue weighted by Crippen LogP contribution is 2.27. The fourth-order valence-electron chi connectivity index (χ4n) is 3.52. The van der Waals surface area contributed by atoms with Gasteiger partial charge in [0.15, 0.2) is 0 Å². The number of carbonyl (C=O) groups is 2. The number of hydrogen-bond acceptors (Lipinski definition) is 5. The third kappa shape index (κ3) is 5.63. The molecule has 0 spiro atoms. The summed E-state index contributed by atoms with van der Waals surface area (Å²) in [6.45, 7) is 2.12. The Balaban J connectivity index is 1.81. The molecule has 0 aliphatic heterocycles. The summed E-state index contributed by atoms with van der Waals surface area (Å²) in [5.74, 6) is 0.609. The molecular formula is C22H29N3O3S. The van der Waals surface area contributed by atoms with Gasteiger partial charge in [-0.05, 0) is 42.7 Å². The number of benzene rings is 1. The van der Waals surface area contributed by atoms with Crippen molar-refractivity contribution in [3.8, 4) is 5.69 Å². The molecule has 6 nitrogen and oxygen atoms in total. The second-order valence-electron chi connectivity index (χ2n) is 7.35. The van der Waals surface area contributed by atoms with E-state index in [0.29, 0.717) is 5.56 Å². The molecular weight excluding hydrogens is 386 g/mol. The molecule has 0 radical (unpaired) electrons. The molecule has 1 amide bonds. The normalized spacial score (nSPS) is 14.6. The number of esters is 1. The number of nitrogens with one attached hydrogen (secondary N) is 1. The van der Waals surface area contributed by atoms with Crippen LogP contribution in [0.2, 0.25) is 0 Å². The molecule has 7 heteroatoms. The maximum atomic E-state index is 12.9. The molecule has 29 heavy (non-hydrogen) atoms. The van der Waals surface area contributed by atoms with Crippen LogP contribution >= 0.6 is 11.8 Å². The van der Waals surface area contributed by atoms with Crippen LogP contribution in [-0.2, 0) is 16.0 Å². The number of carbonyl (C=O) groups excluding carboxylic acids is 2. The molecule has 156 valence electrons. The topological polar surface area (TPSA) is 73.2 Å². The quantitative estimate of drug-likeness (QED) is 0.518. The van der Waals surface area contributed by atoms with E-state index in [1.165, 1.54) is 26.4 Å². The molecule has 1 heterocycles. The molecule has 1 saturated carbocycles. The summed E-state index contributed by atoms with van der Waals surface area (Å²) in [7, 11) is 1.39. The second-order valence-corrected chi connectivity index (χ2v) is 8.44. The van der Waals surface area contributed by atoms with Crippen molar-refractivity contribution in [1.29, 1.82) is 0 Å². The Bertz CT molecular complexity index is 826. The summed E-state index contributed by atoms with van der Waals surface area (Å²) in [4.78, 5) is 24.4. The maximum absolute atomic E-state index is 12.9. The van der Waals surface area contributed by atoms with Crippen LogP contribution in [-0.4, -0.2) is 40.6 Å². The molecule has 0 atom stereocenters. The summed E-state index contributed by atoms with van der Waals surface area (Å²) >= 11 is 1.65. The minimum absolute atomic E-state index is 0.0379. The molecule has 0 saturated heterocycles. The first-order chi connectivity index (χ1) is 14.1. The van der Waals surface area contributed by atoms with Gasteiger partial charge in [0, 0.05) is 6.04 Å².